The Morgan fingerprint density at radius 2 is 2.00 bits per heavy atom. The zero-order valence-electron chi connectivity index (χ0n) is 8.97. The molecule has 1 nitrogen and oxygen atoms in total. The first kappa shape index (κ1) is 13.3. The fraction of sp³-hybridized carbons (Fsp3) is 0.500. The van der Waals surface area contributed by atoms with E-state index in [1.807, 2.05) is 0 Å². The van der Waals surface area contributed by atoms with E-state index in [2.05, 4.69) is 59.1 Å². The van der Waals surface area contributed by atoms with E-state index in [0.29, 0.717) is 5.92 Å². The van der Waals surface area contributed by atoms with Gasteiger partial charge in [-0.2, -0.15) is 0 Å². The zero-order chi connectivity index (χ0) is 11.1. The van der Waals surface area contributed by atoms with Gasteiger partial charge in [0.25, 0.3) is 0 Å². The highest BCUT2D eigenvalue weighted by Gasteiger charge is 2.00. The van der Waals surface area contributed by atoms with Crippen LogP contribution in [0.1, 0.15) is 18.9 Å². The molecule has 1 unspecified atom stereocenters. The summed E-state index contributed by atoms with van der Waals surface area (Å²) in [6, 6.07) is 8.61. The number of hydrogen-bond donors (Lipinski definition) is 1. The van der Waals surface area contributed by atoms with Crippen LogP contribution < -0.4 is 5.32 Å². The Morgan fingerprint density at radius 3 is 2.60 bits per heavy atom. The number of halogens is 2. The van der Waals surface area contributed by atoms with Crippen LogP contribution in [0.15, 0.2) is 24.3 Å². The fourth-order valence-corrected chi connectivity index (χ4v) is 2.09. The molecular weight excluding hydrogens is 320 g/mol. The minimum absolute atomic E-state index is 0.659. The Hall–Kier alpha value is 0.200. The Balaban J connectivity index is 2.22. The van der Waals surface area contributed by atoms with E-state index in [-0.39, 0.29) is 0 Å². The highest BCUT2D eigenvalue weighted by Crippen LogP contribution is 2.07. The molecule has 0 aromatic heterocycles. The lowest BCUT2D eigenvalue weighted by Gasteiger charge is -2.10. The molecule has 1 aromatic rings. The maximum absolute atomic E-state index is 5.68. The van der Waals surface area contributed by atoms with Gasteiger partial charge in [-0.15, -0.1) is 11.6 Å². The van der Waals surface area contributed by atoms with Crippen LogP contribution in [0.5, 0.6) is 0 Å². The predicted octanol–water partition coefficient (Wildman–Crippen LogP) is 3.65. The lowest BCUT2D eigenvalue weighted by atomic mass is 10.1. The minimum Gasteiger partial charge on any atom is -0.312 e. The minimum atomic E-state index is 0.659. The van der Waals surface area contributed by atoms with Crippen LogP contribution in [0.3, 0.4) is 0 Å². The molecule has 0 aliphatic rings. The molecule has 0 radical (unpaired) electrons. The van der Waals surface area contributed by atoms with Crippen LogP contribution in [0.25, 0.3) is 0 Å². The van der Waals surface area contributed by atoms with Gasteiger partial charge < -0.3 is 5.32 Å². The molecule has 0 saturated carbocycles. The third kappa shape index (κ3) is 5.73. The predicted molar refractivity (Wildman–Crippen MR) is 75.4 cm³/mol. The van der Waals surface area contributed by atoms with Crippen molar-refractivity contribution in [3.8, 4) is 0 Å². The molecule has 0 bridgehead atoms. The summed E-state index contributed by atoms with van der Waals surface area (Å²) in [4.78, 5) is 0. The second-order valence-electron chi connectivity index (χ2n) is 3.84. The summed E-state index contributed by atoms with van der Waals surface area (Å²) in [5.74, 6) is 1.41. The average molecular weight is 338 g/mol. The largest absolute Gasteiger partial charge is 0.312 e. The molecule has 0 heterocycles. The van der Waals surface area contributed by atoms with Crippen LogP contribution in [0, 0.1) is 9.49 Å². The van der Waals surface area contributed by atoms with Crippen molar-refractivity contribution in [3.63, 3.8) is 0 Å². The first-order valence-corrected chi connectivity index (χ1v) is 6.85. The molecule has 1 atom stereocenters. The van der Waals surface area contributed by atoms with Gasteiger partial charge in [-0.25, -0.2) is 0 Å². The van der Waals surface area contributed by atoms with Crippen molar-refractivity contribution in [2.24, 2.45) is 5.92 Å². The summed E-state index contributed by atoms with van der Waals surface area (Å²) in [6.45, 7) is 4.21. The number of nitrogens with one attached hydrogen (secondary N) is 1. The van der Waals surface area contributed by atoms with Crippen molar-refractivity contribution >= 4 is 34.2 Å². The molecule has 0 amide bonds. The molecule has 0 aliphatic heterocycles. The quantitative estimate of drug-likeness (QED) is 0.617. The summed E-state index contributed by atoms with van der Waals surface area (Å²) in [7, 11) is 0. The third-order valence-electron chi connectivity index (χ3n) is 2.34. The molecule has 0 fully saturated rings. The lowest BCUT2D eigenvalue weighted by molar-refractivity contribution is 0.502. The molecule has 84 valence electrons. The number of rotatable bonds is 6. The van der Waals surface area contributed by atoms with Crippen LogP contribution >= 0.6 is 34.2 Å². The third-order valence-corrected chi connectivity index (χ3v) is 3.27. The SMILES string of the molecule is CC(CCCl)CNCc1ccc(I)cc1. The zero-order valence-corrected chi connectivity index (χ0v) is 11.9. The van der Waals surface area contributed by atoms with E-state index in [9.17, 15) is 0 Å². The van der Waals surface area contributed by atoms with Crippen molar-refractivity contribution in [3.05, 3.63) is 33.4 Å². The van der Waals surface area contributed by atoms with Gasteiger partial charge in [0.15, 0.2) is 0 Å². The Morgan fingerprint density at radius 1 is 1.33 bits per heavy atom. The van der Waals surface area contributed by atoms with E-state index >= 15 is 0 Å². The Kier molecular flexibility index (Phi) is 6.61. The van der Waals surface area contributed by atoms with E-state index < -0.39 is 0 Å². The molecule has 15 heavy (non-hydrogen) atoms. The molecular formula is C12H17ClIN. The first-order chi connectivity index (χ1) is 7.22. The van der Waals surface area contributed by atoms with Gasteiger partial charge in [0.2, 0.25) is 0 Å². The first-order valence-electron chi connectivity index (χ1n) is 5.23. The molecule has 0 saturated heterocycles. The number of benzene rings is 1. The van der Waals surface area contributed by atoms with Gasteiger partial charge in [-0.05, 0) is 59.2 Å². The highest BCUT2D eigenvalue weighted by molar-refractivity contribution is 14.1. The van der Waals surface area contributed by atoms with Gasteiger partial charge in [-0.1, -0.05) is 19.1 Å². The van der Waals surface area contributed by atoms with E-state index in [0.717, 1.165) is 25.4 Å². The van der Waals surface area contributed by atoms with Gasteiger partial charge >= 0.3 is 0 Å². The van der Waals surface area contributed by atoms with Gasteiger partial charge in [0.05, 0.1) is 0 Å². The van der Waals surface area contributed by atoms with Crippen molar-refractivity contribution in [2.45, 2.75) is 19.9 Å². The van der Waals surface area contributed by atoms with Crippen LogP contribution in [-0.4, -0.2) is 12.4 Å². The summed E-state index contributed by atoms with van der Waals surface area (Å²) in [5, 5.41) is 3.44. The number of alkyl halides is 1. The van der Waals surface area contributed by atoms with Crippen molar-refractivity contribution in [2.75, 3.05) is 12.4 Å². The second-order valence-corrected chi connectivity index (χ2v) is 5.46. The average Bonchev–Trinajstić information content (AvgIpc) is 2.21. The van der Waals surface area contributed by atoms with Crippen LogP contribution in [0.4, 0.5) is 0 Å². The molecule has 0 aliphatic carbocycles. The normalized spacial score (nSPS) is 12.7. The maximum atomic E-state index is 5.68. The fourth-order valence-electron chi connectivity index (χ4n) is 1.35. The van der Waals surface area contributed by atoms with Gasteiger partial charge in [0.1, 0.15) is 0 Å². The van der Waals surface area contributed by atoms with Gasteiger partial charge in [0, 0.05) is 16.0 Å². The molecule has 1 rings (SSSR count). The smallest absolute Gasteiger partial charge is 0.0226 e. The van der Waals surface area contributed by atoms with E-state index in [1.165, 1.54) is 9.13 Å². The van der Waals surface area contributed by atoms with E-state index in [1.54, 1.807) is 0 Å². The number of hydrogen-bond acceptors (Lipinski definition) is 1. The van der Waals surface area contributed by atoms with Crippen molar-refractivity contribution in [1.82, 2.24) is 5.32 Å². The van der Waals surface area contributed by atoms with Crippen molar-refractivity contribution < 1.29 is 0 Å². The van der Waals surface area contributed by atoms with Crippen LogP contribution in [0.2, 0.25) is 0 Å². The molecule has 0 spiro atoms. The monoisotopic (exact) mass is 337 g/mol. The van der Waals surface area contributed by atoms with Crippen LogP contribution in [-0.2, 0) is 6.54 Å². The molecule has 1 N–H and O–H groups in total. The summed E-state index contributed by atoms with van der Waals surface area (Å²) < 4.78 is 1.28. The van der Waals surface area contributed by atoms with E-state index in [4.69, 9.17) is 11.6 Å². The maximum Gasteiger partial charge on any atom is 0.0226 e. The Bertz CT molecular complexity index is 273. The molecule has 1 aromatic carbocycles. The summed E-state index contributed by atoms with van der Waals surface area (Å²) in [6.07, 6.45) is 1.08. The van der Waals surface area contributed by atoms with Crippen molar-refractivity contribution in [1.29, 1.82) is 0 Å². The summed E-state index contributed by atoms with van der Waals surface area (Å²) in [5.41, 5.74) is 1.34. The Labute approximate surface area is 111 Å². The molecule has 3 heteroatoms. The van der Waals surface area contributed by atoms with Gasteiger partial charge in [-0.3, -0.25) is 0 Å². The highest BCUT2D eigenvalue weighted by atomic mass is 127. The summed E-state index contributed by atoms with van der Waals surface area (Å²) >= 11 is 8.00. The second kappa shape index (κ2) is 7.47. The standard InChI is InChI=1S/C12H17ClIN/c1-10(6-7-13)8-15-9-11-2-4-12(14)5-3-11/h2-5,10,15H,6-9H2,1H3. The topological polar surface area (TPSA) is 12.0 Å². The lowest BCUT2D eigenvalue weighted by Crippen LogP contribution is -2.20.